The number of nitrogens with one attached hydrogen (secondary N) is 1. The first-order chi connectivity index (χ1) is 10.8. The number of nitrogens with zero attached hydrogens (tertiary/aromatic N) is 1. The molecule has 0 atom stereocenters. The van der Waals surface area contributed by atoms with Gasteiger partial charge in [-0.15, -0.1) is 0 Å². The zero-order valence-corrected chi connectivity index (χ0v) is 13.1. The molecule has 0 aliphatic heterocycles. The van der Waals surface area contributed by atoms with Crippen molar-refractivity contribution in [3.05, 3.63) is 90.8 Å². The highest BCUT2D eigenvalue weighted by molar-refractivity contribution is 7.87. The van der Waals surface area contributed by atoms with Gasteiger partial charge in [0.25, 0.3) is 0 Å². The van der Waals surface area contributed by atoms with Crippen LogP contribution in [0.5, 0.6) is 0 Å². The number of rotatable bonds is 5. The van der Waals surface area contributed by atoms with Crippen LogP contribution in [0.2, 0.25) is 0 Å². The summed E-state index contributed by atoms with van der Waals surface area (Å²) in [7, 11) is -0.792. The van der Waals surface area contributed by atoms with Crippen LogP contribution in [0, 0.1) is 5.41 Å². The molecule has 0 bridgehead atoms. The predicted octanol–water partition coefficient (Wildman–Crippen LogP) is 3.73. The Hall–Kier alpha value is -2.31. The van der Waals surface area contributed by atoms with Gasteiger partial charge in [-0.1, -0.05) is 66.7 Å². The van der Waals surface area contributed by atoms with E-state index < -0.39 is 7.92 Å². The second-order valence-electron chi connectivity index (χ2n) is 4.95. The maximum atomic E-state index is 8.65. The van der Waals surface area contributed by atoms with Crippen molar-refractivity contribution >= 4 is 24.0 Å². The Morgan fingerprint density at radius 1 is 0.773 bits per heavy atom. The van der Waals surface area contributed by atoms with Gasteiger partial charge in [0, 0.05) is 31.7 Å². The average molecular weight is 304 g/mol. The van der Waals surface area contributed by atoms with Crippen LogP contribution >= 0.6 is 7.92 Å². The topological polar surface area (TPSA) is 36.7 Å². The maximum Gasteiger partial charge on any atom is 0.0468 e. The van der Waals surface area contributed by atoms with E-state index in [0.29, 0.717) is 6.42 Å². The third-order valence-corrected chi connectivity index (χ3v) is 5.70. The van der Waals surface area contributed by atoms with E-state index in [4.69, 9.17) is 5.41 Å². The van der Waals surface area contributed by atoms with Crippen molar-refractivity contribution in [3.63, 3.8) is 0 Å². The van der Waals surface area contributed by atoms with Crippen molar-refractivity contribution < 1.29 is 0 Å². The molecule has 1 heterocycles. The summed E-state index contributed by atoms with van der Waals surface area (Å²) in [6.45, 7) is 0. The fraction of sp³-hybridized carbons (Fsp3) is 0.0526. The van der Waals surface area contributed by atoms with E-state index in [2.05, 4.69) is 29.2 Å². The Balaban J connectivity index is 1.94. The molecule has 0 aliphatic rings. The molecular formula is C19H17N2P. The Morgan fingerprint density at radius 3 is 1.82 bits per heavy atom. The number of hydrogen-bond donors (Lipinski definition) is 1. The molecule has 1 aromatic heterocycles. The van der Waals surface area contributed by atoms with Crippen molar-refractivity contribution in [2.75, 3.05) is 0 Å². The van der Waals surface area contributed by atoms with Gasteiger partial charge in [0.15, 0.2) is 0 Å². The highest BCUT2D eigenvalue weighted by Gasteiger charge is 2.19. The lowest BCUT2D eigenvalue weighted by Crippen LogP contribution is -2.19. The molecule has 2 nitrogen and oxygen atoms in total. The van der Waals surface area contributed by atoms with Crippen molar-refractivity contribution in [3.8, 4) is 0 Å². The molecule has 0 unspecified atom stereocenters. The molecule has 3 heteroatoms. The smallest absolute Gasteiger partial charge is 0.0468 e. The zero-order valence-electron chi connectivity index (χ0n) is 12.2. The van der Waals surface area contributed by atoms with E-state index in [1.807, 2.05) is 54.6 Å². The Bertz CT molecular complexity index is 688. The van der Waals surface area contributed by atoms with Crippen molar-refractivity contribution in [1.82, 2.24) is 4.98 Å². The molecule has 0 amide bonds. The van der Waals surface area contributed by atoms with Crippen LogP contribution in [0.1, 0.15) is 5.69 Å². The summed E-state index contributed by atoms with van der Waals surface area (Å²) in [5.74, 6) is 0. The van der Waals surface area contributed by atoms with Crippen LogP contribution in [0.25, 0.3) is 0 Å². The molecule has 1 N–H and O–H groups in total. The van der Waals surface area contributed by atoms with Gasteiger partial charge in [0.2, 0.25) is 0 Å². The molecular weight excluding hydrogens is 287 g/mol. The molecule has 0 saturated heterocycles. The standard InChI is InChI=1S/C19H17N2P/c20-19(15-16-9-7-8-14-21-16)22(17-10-3-1-4-11-17)18-12-5-2-6-13-18/h1-14,20H,15H2. The first-order valence-corrected chi connectivity index (χ1v) is 8.56. The van der Waals surface area contributed by atoms with Gasteiger partial charge < -0.3 is 5.41 Å². The SMILES string of the molecule is N=C(Cc1ccccn1)P(c1ccccc1)c1ccccc1. The maximum absolute atomic E-state index is 8.65. The van der Waals surface area contributed by atoms with E-state index >= 15 is 0 Å². The lowest BCUT2D eigenvalue weighted by Gasteiger charge is -2.19. The first-order valence-electron chi connectivity index (χ1n) is 7.22. The summed E-state index contributed by atoms with van der Waals surface area (Å²) in [4.78, 5) is 4.36. The van der Waals surface area contributed by atoms with Gasteiger partial charge in [-0.2, -0.15) is 0 Å². The van der Waals surface area contributed by atoms with Crippen molar-refractivity contribution in [2.24, 2.45) is 0 Å². The molecule has 0 aliphatic carbocycles. The average Bonchev–Trinajstić information content (AvgIpc) is 2.58. The van der Waals surface area contributed by atoms with Crippen LogP contribution in [-0.4, -0.2) is 10.4 Å². The van der Waals surface area contributed by atoms with Gasteiger partial charge >= 0.3 is 0 Å². The van der Waals surface area contributed by atoms with Gasteiger partial charge in [0.05, 0.1) is 0 Å². The molecule has 22 heavy (non-hydrogen) atoms. The van der Waals surface area contributed by atoms with Crippen LogP contribution < -0.4 is 10.6 Å². The van der Waals surface area contributed by atoms with Gasteiger partial charge in [-0.3, -0.25) is 4.98 Å². The number of benzene rings is 2. The molecule has 108 valence electrons. The quantitative estimate of drug-likeness (QED) is 0.566. The monoisotopic (exact) mass is 304 g/mol. The minimum atomic E-state index is -0.792. The fourth-order valence-corrected chi connectivity index (χ4v) is 4.55. The molecule has 0 radical (unpaired) electrons. The molecule has 2 aromatic carbocycles. The highest BCUT2D eigenvalue weighted by atomic mass is 31.1. The Kier molecular flexibility index (Phi) is 4.72. The fourth-order valence-electron chi connectivity index (χ4n) is 2.37. The summed E-state index contributed by atoms with van der Waals surface area (Å²) in [6, 6.07) is 26.5. The van der Waals surface area contributed by atoms with E-state index in [9.17, 15) is 0 Å². The van der Waals surface area contributed by atoms with Crippen LogP contribution in [-0.2, 0) is 6.42 Å². The third-order valence-electron chi connectivity index (χ3n) is 3.37. The largest absolute Gasteiger partial charge is 0.304 e. The van der Waals surface area contributed by atoms with Crippen LogP contribution in [0.15, 0.2) is 85.1 Å². The van der Waals surface area contributed by atoms with Crippen LogP contribution in [0.4, 0.5) is 0 Å². The van der Waals surface area contributed by atoms with Crippen molar-refractivity contribution in [1.29, 1.82) is 5.41 Å². The third kappa shape index (κ3) is 3.47. The van der Waals surface area contributed by atoms with E-state index in [0.717, 1.165) is 11.1 Å². The summed E-state index contributed by atoms with van der Waals surface area (Å²) in [5.41, 5.74) is 1.68. The van der Waals surface area contributed by atoms with E-state index in [-0.39, 0.29) is 0 Å². The lowest BCUT2D eigenvalue weighted by molar-refractivity contribution is 1.14. The molecule has 3 rings (SSSR count). The summed E-state index contributed by atoms with van der Waals surface area (Å²) < 4.78 is 0. The number of pyridine rings is 1. The second-order valence-corrected chi connectivity index (χ2v) is 7.19. The van der Waals surface area contributed by atoms with Gasteiger partial charge in [-0.05, 0) is 22.7 Å². The molecule has 0 saturated carbocycles. The zero-order chi connectivity index (χ0) is 15.2. The molecule has 3 aromatic rings. The Labute approximate surface area is 132 Å². The summed E-state index contributed by atoms with van der Waals surface area (Å²) in [5, 5.41) is 11.1. The minimum Gasteiger partial charge on any atom is -0.304 e. The number of aromatic nitrogens is 1. The Morgan fingerprint density at radius 2 is 1.32 bits per heavy atom. The van der Waals surface area contributed by atoms with Crippen LogP contribution in [0.3, 0.4) is 0 Å². The lowest BCUT2D eigenvalue weighted by atomic mass is 10.3. The number of hydrogen-bond acceptors (Lipinski definition) is 2. The minimum absolute atomic E-state index is 0.594. The van der Waals surface area contributed by atoms with E-state index in [1.54, 1.807) is 6.20 Å². The first kappa shape index (κ1) is 14.6. The van der Waals surface area contributed by atoms with Crippen molar-refractivity contribution in [2.45, 2.75) is 6.42 Å². The molecule has 0 spiro atoms. The molecule has 0 fully saturated rings. The second kappa shape index (κ2) is 7.11. The van der Waals surface area contributed by atoms with Gasteiger partial charge in [-0.25, -0.2) is 0 Å². The van der Waals surface area contributed by atoms with E-state index in [1.165, 1.54) is 10.6 Å². The normalized spacial score (nSPS) is 10.6. The summed E-state index contributed by atoms with van der Waals surface area (Å²) >= 11 is 0. The van der Waals surface area contributed by atoms with Gasteiger partial charge in [0.1, 0.15) is 0 Å². The summed E-state index contributed by atoms with van der Waals surface area (Å²) in [6.07, 6.45) is 2.38. The highest BCUT2D eigenvalue weighted by Crippen LogP contribution is 2.35. The predicted molar refractivity (Wildman–Crippen MR) is 94.7 cm³/mol.